The molecule has 132 valence electrons. The number of likely N-dealkylation sites (N-methyl/N-ethyl adjacent to an activating group) is 1. The summed E-state index contributed by atoms with van der Waals surface area (Å²) in [6, 6.07) is 11.1. The zero-order valence-electron chi connectivity index (χ0n) is 13.5. The predicted molar refractivity (Wildman–Crippen MR) is 90.8 cm³/mol. The quantitative estimate of drug-likeness (QED) is 0.830. The number of nitrogens with zero attached hydrogens (tertiary/aromatic N) is 1. The highest BCUT2D eigenvalue weighted by Gasteiger charge is 2.33. The number of carbonyl (C=O) groups excluding carboxylic acids is 1. The van der Waals surface area contributed by atoms with E-state index in [9.17, 15) is 19.1 Å². The SMILES string of the molecule is CCN(C(=O)OCc1ccccc1)C(C(=O)O)c1ccc(Cl)cc1F. The molecule has 0 aliphatic carbocycles. The highest BCUT2D eigenvalue weighted by molar-refractivity contribution is 6.30. The van der Waals surface area contributed by atoms with Gasteiger partial charge in [0.05, 0.1) is 0 Å². The number of rotatable bonds is 6. The van der Waals surface area contributed by atoms with Crippen molar-refractivity contribution >= 4 is 23.7 Å². The van der Waals surface area contributed by atoms with E-state index in [0.29, 0.717) is 0 Å². The standard InChI is InChI=1S/C18H17ClFNO4/c1-2-21(18(24)25-11-12-6-4-3-5-7-12)16(17(22)23)14-9-8-13(19)10-15(14)20/h3-10,16H,2,11H2,1H3,(H,22,23). The number of carboxylic acids is 1. The van der Waals surface area contributed by atoms with E-state index in [0.717, 1.165) is 16.5 Å². The molecule has 0 aromatic heterocycles. The van der Waals surface area contributed by atoms with Crippen LogP contribution in [0.25, 0.3) is 0 Å². The maximum absolute atomic E-state index is 14.1. The van der Waals surface area contributed by atoms with Gasteiger partial charge in [-0.3, -0.25) is 4.90 Å². The molecular formula is C18H17ClFNO4. The Morgan fingerprint density at radius 1 is 1.24 bits per heavy atom. The molecule has 2 rings (SSSR count). The van der Waals surface area contributed by atoms with E-state index in [-0.39, 0.29) is 23.7 Å². The molecule has 1 unspecified atom stereocenters. The molecule has 0 fully saturated rings. The molecule has 0 radical (unpaired) electrons. The number of hydrogen-bond donors (Lipinski definition) is 1. The fraction of sp³-hybridized carbons (Fsp3) is 0.222. The smallest absolute Gasteiger partial charge is 0.411 e. The maximum atomic E-state index is 14.1. The van der Waals surface area contributed by atoms with Gasteiger partial charge in [-0.25, -0.2) is 14.0 Å². The number of hydrogen-bond acceptors (Lipinski definition) is 3. The summed E-state index contributed by atoms with van der Waals surface area (Å²) >= 11 is 5.70. The van der Waals surface area contributed by atoms with Crippen molar-refractivity contribution in [3.63, 3.8) is 0 Å². The molecule has 2 aromatic rings. The average Bonchev–Trinajstić information content (AvgIpc) is 2.59. The lowest BCUT2D eigenvalue weighted by Gasteiger charge is -2.27. The lowest BCUT2D eigenvalue weighted by molar-refractivity contribution is -0.143. The molecule has 0 saturated carbocycles. The molecule has 5 nitrogen and oxygen atoms in total. The first-order valence-corrected chi connectivity index (χ1v) is 7.97. The number of benzene rings is 2. The topological polar surface area (TPSA) is 66.8 Å². The van der Waals surface area contributed by atoms with Gasteiger partial charge in [-0.2, -0.15) is 0 Å². The summed E-state index contributed by atoms with van der Waals surface area (Å²) in [6.07, 6.45) is -0.840. The summed E-state index contributed by atoms with van der Waals surface area (Å²) in [5.74, 6) is -2.16. The Hall–Kier alpha value is -2.60. The normalized spacial score (nSPS) is 11.6. The fourth-order valence-corrected chi connectivity index (χ4v) is 2.54. The Labute approximate surface area is 149 Å². The van der Waals surface area contributed by atoms with E-state index in [2.05, 4.69) is 0 Å². The summed E-state index contributed by atoms with van der Waals surface area (Å²) in [5, 5.41) is 9.65. The molecule has 0 saturated heterocycles. The van der Waals surface area contributed by atoms with Crippen molar-refractivity contribution in [2.45, 2.75) is 19.6 Å². The van der Waals surface area contributed by atoms with Gasteiger partial charge in [-0.15, -0.1) is 0 Å². The first-order valence-electron chi connectivity index (χ1n) is 7.59. The summed E-state index contributed by atoms with van der Waals surface area (Å²) in [5.41, 5.74) is 0.604. The van der Waals surface area contributed by atoms with Crippen LogP contribution in [0, 0.1) is 5.82 Å². The number of halogens is 2. The highest BCUT2D eigenvalue weighted by Crippen LogP contribution is 2.26. The van der Waals surface area contributed by atoms with Gasteiger partial charge in [-0.1, -0.05) is 48.0 Å². The van der Waals surface area contributed by atoms with E-state index in [1.54, 1.807) is 31.2 Å². The maximum Gasteiger partial charge on any atom is 0.411 e. The minimum absolute atomic E-state index is 0.00832. The molecule has 7 heteroatoms. The number of aliphatic carboxylic acids is 1. The summed E-state index contributed by atoms with van der Waals surface area (Å²) < 4.78 is 19.3. The minimum atomic E-state index is -1.51. The molecule has 0 bridgehead atoms. The van der Waals surface area contributed by atoms with E-state index in [1.807, 2.05) is 6.07 Å². The third kappa shape index (κ3) is 4.70. The van der Waals surface area contributed by atoms with Crippen LogP contribution in [-0.4, -0.2) is 28.6 Å². The van der Waals surface area contributed by atoms with Gasteiger partial charge >= 0.3 is 12.1 Å². The lowest BCUT2D eigenvalue weighted by Crippen LogP contribution is -2.39. The number of ether oxygens (including phenoxy) is 1. The Kier molecular flexibility index (Phi) is 6.36. The van der Waals surface area contributed by atoms with Gasteiger partial charge in [0.15, 0.2) is 6.04 Å². The van der Waals surface area contributed by atoms with Crippen molar-refractivity contribution in [2.24, 2.45) is 0 Å². The molecule has 0 spiro atoms. The van der Waals surface area contributed by atoms with Crippen LogP contribution in [0.1, 0.15) is 24.1 Å². The van der Waals surface area contributed by atoms with Gasteiger partial charge in [0.2, 0.25) is 0 Å². The van der Waals surface area contributed by atoms with Crippen molar-refractivity contribution in [2.75, 3.05) is 6.54 Å². The largest absolute Gasteiger partial charge is 0.479 e. The van der Waals surface area contributed by atoms with E-state index in [4.69, 9.17) is 16.3 Å². The monoisotopic (exact) mass is 365 g/mol. The van der Waals surface area contributed by atoms with Gasteiger partial charge in [0, 0.05) is 17.1 Å². The van der Waals surface area contributed by atoms with Crippen LogP contribution < -0.4 is 0 Å². The Bertz CT molecular complexity index is 754. The molecule has 1 amide bonds. The average molecular weight is 366 g/mol. The lowest BCUT2D eigenvalue weighted by atomic mass is 10.0. The zero-order valence-corrected chi connectivity index (χ0v) is 14.2. The number of carbonyl (C=O) groups is 2. The van der Waals surface area contributed by atoms with Crippen LogP contribution in [0.15, 0.2) is 48.5 Å². The first kappa shape index (κ1) is 18.7. The van der Waals surface area contributed by atoms with E-state index < -0.39 is 23.9 Å². The van der Waals surface area contributed by atoms with Crippen molar-refractivity contribution in [3.05, 3.63) is 70.5 Å². The second-order valence-corrected chi connectivity index (χ2v) is 5.67. The molecule has 0 heterocycles. The van der Waals surface area contributed by atoms with Crippen LogP contribution in [0.3, 0.4) is 0 Å². The zero-order chi connectivity index (χ0) is 18.4. The number of carboxylic acid groups (broad SMARTS) is 1. The van der Waals surface area contributed by atoms with E-state index >= 15 is 0 Å². The Morgan fingerprint density at radius 3 is 2.48 bits per heavy atom. The summed E-state index contributed by atoms with van der Waals surface area (Å²) in [6.45, 7) is 1.62. The summed E-state index contributed by atoms with van der Waals surface area (Å²) in [7, 11) is 0. The van der Waals surface area contributed by atoms with Crippen LogP contribution in [0.5, 0.6) is 0 Å². The predicted octanol–water partition coefficient (Wildman–Crippen LogP) is 4.26. The van der Waals surface area contributed by atoms with Crippen LogP contribution in [0.2, 0.25) is 5.02 Å². The molecule has 0 aliphatic heterocycles. The van der Waals surface area contributed by atoms with Crippen molar-refractivity contribution in [1.82, 2.24) is 4.90 Å². The minimum Gasteiger partial charge on any atom is -0.479 e. The van der Waals surface area contributed by atoms with Crippen LogP contribution >= 0.6 is 11.6 Å². The second kappa shape index (κ2) is 8.48. The molecule has 0 aliphatic rings. The first-order chi connectivity index (χ1) is 11.9. The molecule has 25 heavy (non-hydrogen) atoms. The summed E-state index contributed by atoms with van der Waals surface area (Å²) in [4.78, 5) is 25.0. The van der Waals surface area contributed by atoms with Crippen LogP contribution in [-0.2, 0) is 16.1 Å². The van der Waals surface area contributed by atoms with Gasteiger partial charge < -0.3 is 9.84 Å². The third-order valence-corrected chi connectivity index (χ3v) is 3.82. The Balaban J connectivity index is 2.21. The van der Waals surface area contributed by atoms with Crippen molar-refractivity contribution < 1.29 is 23.8 Å². The van der Waals surface area contributed by atoms with Crippen LogP contribution in [0.4, 0.5) is 9.18 Å². The van der Waals surface area contributed by atoms with Crippen molar-refractivity contribution in [3.8, 4) is 0 Å². The number of amides is 1. The Morgan fingerprint density at radius 2 is 1.92 bits per heavy atom. The van der Waals surface area contributed by atoms with Gasteiger partial charge in [-0.05, 0) is 24.6 Å². The highest BCUT2D eigenvalue weighted by atomic mass is 35.5. The van der Waals surface area contributed by atoms with Gasteiger partial charge in [0.25, 0.3) is 0 Å². The molecule has 1 atom stereocenters. The van der Waals surface area contributed by atoms with Gasteiger partial charge in [0.1, 0.15) is 12.4 Å². The van der Waals surface area contributed by atoms with E-state index in [1.165, 1.54) is 12.1 Å². The fourth-order valence-electron chi connectivity index (χ4n) is 2.38. The molecule has 1 N–H and O–H groups in total. The molecular weight excluding hydrogens is 349 g/mol. The van der Waals surface area contributed by atoms with Crippen molar-refractivity contribution in [1.29, 1.82) is 0 Å². The second-order valence-electron chi connectivity index (χ2n) is 5.23. The molecule has 2 aromatic carbocycles. The third-order valence-electron chi connectivity index (χ3n) is 3.58.